The van der Waals surface area contributed by atoms with Crippen molar-refractivity contribution >= 4 is 17.2 Å². The highest BCUT2D eigenvalue weighted by molar-refractivity contribution is 7.14. The van der Waals surface area contributed by atoms with E-state index in [2.05, 4.69) is 16.3 Å². The molecule has 3 heterocycles. The van der Waals surface area contributed by atoms with Crippen molar-refractivity contribution in [2.24, 2.45) is 0 Å². The highest BCUT2D eigenvalue weighted by atomic mass is 32.1. The Bertz CT molecular complexity index is 830. The second kappa shape index (κ2) is 6.35. The van der Waals surface area contributed by atoms with Crippen LogP contribution in [0.15, 0.2) is 18.2 Å². The topological polar surface area (TPSA) is 50.8 Å². The molecule has 0 bridgehead atoms. The number of carbonyl (C=O) groups is 1. The van der Waals surface area contributed by atoms with E-state index in [0.29, 0.717) is 6.04 Å². The zero-order chi connectivity index (χ0) is 17.6. The molecule has 0 saturated carbocycles. The van der Waals surface area contributed by atoms with Crippen molar-refractivity contribution in [3.05, 3.63) is 44.6 Å². The van der Waals surface area contributed by atoms with Crippen molar-refractivity contribution in [2.45, 2.75) is 25.4 Å². The van der Waals surface area contributed by atoms with Crippen LogP contribution in [0, 0.1) is 0 Å². The van der Waals surface area contributed by atoms with E-state index in [1.165, 1.54) is 21.6 Å². The molecule has 0 fully saturated rings. The number of hydrogen-bond donors (Lipinski definition) is 1. The van der Waals surface area contributed by atoms with Crippen LogP contribution in [0.2, 0.25) is 0 Å². The van der Waals surface area contributed by atoms with Crippen LogP contribution >= 0.6 is 11.3 Å². The minimum atomic E-state index is 0.00130. The summed E-state index contributed by atoms with van der Waals surface area (Å²) in [6.07, 6.45) is 1.88. The second-order valence-corrected chi connectivity index (χ2v) is 7.57. The van der Waals surface area contributed by atoms with Gasteiger partial charge in [0.2, 0.25) is 0 Å². The van der Waals surface area contributed by atoms with Crippen molar-refractivity contribution in [3.63, 3.8) is 0 Å². The first-order valence-electron chi connectivity index (χ1n) is 8.47. The van der Waals surface area contributed by atoms with Gasteiger partial charge in [0.25, 0.3) is 5.91 Å². The van der Waals surface area contributed by atoms with E-state index in [1.807, 2.05) is 12.1 Å². The lowest BCUT2D eigenvalue weighted by Crippen LogP contribution is -2.39. The molecule has 0 saturated heterocycles. The van der Waals surface area contributed by atoms with Crippen LogP contribution in [0.4, 0.5) is 0 Å². The maximum absolute atomic E-state index is 12.0. The molecule has 25 heavy (non-hydrogen) atoms. The Morgan fingerprint density at radius 2 is 1.96 bits per heavy atom. The van der Waals surface area contributed by atoms with E-state index in [9.17, 15) is 4.79 Å². The minimum Gasteiger partial charge on any atom is -0.496 e. The Morgan fingerprint density at radius 1 is 1.24 bits per heavy atom. The van der Waals surface area contributed by atoms with E-state index in [0.717, 1.165) is 42.3 Å². The van der Waals surface area contributed by atoms with Crippen LogP contribution in [-0.4, -0.2) is 38.6 Å². The number of hydrogen-bond acceptors (Lipinski definition) is 5. The van der Waals surface area contributed by atoms with Gasteiger partial charge < -0.3 is 14.8 Å². The van der Waals surface area contributed by atoms with Crippen molar-refractivity contribution in [2.75, 3.05) is 27.8 Å². The largest absolute Gasteiger partial charge is 0.496 e. The third-order valence-corrected chi connectivity index (χ3v) is 6.47. The van der Waals surface area contributed by atoms with Gasteiger partial charge in [-0.3, -0.25) is 9.69 Å². The first-order valence-corrected chi connectivity index (χ1v) is 9.29. The number of thiophene rings is 1. The van der Waals surface area contributed by atoms with Crippen LogP contribution < -0.4 is 14.8 Å². The van der Waals surface area contributed by atoms with E-state index >= 15 is 0 Å². The first-order chi connectivity index (χ1) is 12.2. The highest BCUT2D eigenvalue weighted by Gasteiger charge is 2.36. The number of benzene rings is 1. The fourth-order valence-corrected chi connectivity index (χ4v) is 5.16. The summed E-state index contributed by atoms with van der Waals surface area (Å²) in [6, 6.07) is 6.35. The molecule has 2 aliphatic heterocycles. The molecule has 1 unspecified atom stereocenters. The number of nitrogens with zero attached hydrogens (tertiary/aromatic N) is 1. The standard InChI is InChI=1S/C19H22N2O3S/c1-20-19(22)18-9-12-14-8-11-13(10-21(14)7-6-17(12)25-18)16(24-3)5-4-15(11)23-2/h4-5,9,14H,6-8,10H2,1-3H3,(H,20,22). The summed E-state index contributed by atoms with van der Waals surface area (Å²) in [5.41, 5.74) is 3.75. The van der Waals surface area contributed by atoms with Gasteiger partial charge in [0.15, 0.2) is 0 Å². The highest BCUT2D eigenvalue weighted by Crippen LogP contribution is 2.45. The van der Waals surface area contributed by atoms with E-state index < -0.39 is 0 Å². The van der Waals surface area contributed by atoms with Gasteiger partial charge in [0.1, 0.15) is 11.5 Å². The third-order valence-electron chi connectivity index (χ3n) is 5.26. The molecular weight excluding hydrogens is 336 g/mol. The fourth-order valence-electron chi connectivity index (χ4n) is 4.01. The normalized spacial score (nSPS) is 18.8. The van der Waals surface area contributed by atoms with Crippen molar-refractivity contribution in [1.82, 2.24) is 10.2 Å². The maximum Gasteiger partial charge on any atom is 0.261 e. The van der Waals surface area contributed by atoms with E-state index in [4.69, 9.17) is 9.47 Å². The van der Waals surface area contributed by atoms with Gasteiger partial charge in [0, 0.05) is 42.2 Å². The van der Waals surface area contributed by atoms with Gasteiger partial charge in [-0.05, 0) is 36.6 Å². The van der Waals surface area contributed by atoms with Crippen LogP contribution in [0.25, 0.3) is 0 Å². The summed E-state index contributed by atoms with van der Waals surface area (Å²) in [5, 5.41) is 2.73. The maximum atomic E-state index is 12.0. The van der Waals surface area contributed by atoms with Gasteiger partial charge >= 0.3 is 0 Å². The lowest BCUT2D eigenvalue weighted by atomic mass is 9.86. The molecule has 4 rings (SSSR count). The zero-order valence-electron chi connectivity index (χ0n) is 14.7. The summed E-state index contributed by atoms with van der Waals surface area (Å²) in [6.45, 7) is 1.86. The number of carbonyl (C=O) groups excluding carboxylic acids is 1. The Labute approximate surface area is 151 Å². The molecule has 132 valence electrons. The molecule has 1 N–H and O–H groups in total. The smallest absolute Gasteiger partial charge is 0.261 e. The van der Waals surface area contributed by atoms with Crippen molar-refractivity contribution < 1.29 is 14.3 Å². The van der Waals surface area contributed by atoms with E-state index in [-0.39, 0.29) is 5.91 Å². The number of fused-ring (bicyclic) bond motifs is 4. The predicted octanol–water partition coefficient (Wildman–Crippen LogP) is 2.78. The summed E-state index contributed by atoms with van der Waals surface area (Å²) in [7, 11) is 5.12. The molecule has 1 amide bonds. The molecule has 1 aromatic carbocycles. The number of amides is 1. The number of ether oxygens (including phenoxy) is 2. The van der Waals surface area contributed by atoms with Crippen LogP contribution in [0.5, 0.6) is 11.5 Å². The molecule has 1 aromatic heterocycles. The average molecular weight is 358 g/mol. The van der Waals surface area contributed by atoms with Crippen LogP contribution in [-0.2, 0) is 19.4 Å². The molecule has 2 aromatic rings. The van der Waals surface area contributed by atoms with Crippen LogP contribution in [0.3, 0.4) is 0 Å². The lowest BCUT2D eigenvalue weighted by Gasteiger charge is -2.41. The summed E-state index contributed by atoms with van der Waals surface area (Å²) < 4.78 is 11.2. The Morgan fingerprint density at radius 3 is 2.64 bits per heavy atom. The summed E-state index contributed by atoms with van der Waals surface area (Å²) in [5.74, 6) is 1.85. The Kier molecular flexibility index (Phi) is 4.17. The Balaban J connectivity index is 1.76. The van der Waals surface area contributed by atoms with Crippen molar-refractivity contribution in [3.8, 4) is 11.5 Å². The third kappa shape index (κ3) is 2.60. The van der Waals surface area contributed by atoms with E-state index in [1.54, 1.807) is 32.6 Å². The molecule has 1 atom stereocenters. The molecule has 6 heteroatoms. The van der Waals surface area contributed by atoms with Crippen molar-refractivity contribution in [1.29, 1.82) is 0 Å². The molecular formula is C19H22N2O3S. The number of methoxy groups -OCH3 is 2. The van der Waals surface area contributed by atoms with Gasteiger partial charge in [-0.25, -0.2) is 0 Å². The fraction of sp³-hybridized carbons (Fsp3) is 0.421. The lowest BCUT2D eigenvalue weighted by molar-refractivity contribution is 0.0967. The predicted molar refractivity (Wildman–Crippen MR) is 97.8 cm³/mol. The average Bonchev–Trinajstić information content (AvgIpc) is 3.09. The molecule has 2 aliphatic rings. The first kappa shape index (κ1) is 16.4. The second-order valence-electron chi connectivity index (χ2n) is 6.44. The SMILES string of the molecule is CNC(=O)c1cc2c(s1)CCN1Cc3c(OC)ccc(OC)c3CC21. The monoisotopic (exact) mass is 358 g/mol. The van der Waals surface area contributed by atoms with Gasteiger partial charge in [-0.2, -0.15) is 0 Å². The quantitative estimate of drug-likeness (QED) is 0.917. The molecule has 0 spiro atoms. The minimum absolute atomic E-state index is 0.00130. The zero-order valence-corrected chi connectivity index (χ0v) is 15.5. The van der Waals surface area contributed by atoms with Crippen LogP contribution in [0.1, 0.15) is 37.3 Å². The molecule has 0 radical (unpaired) electrons. The van der Waals surface area contributed by atoms with Gasteiger partial charge in [-0.15, -0.1) is 11.3 Å². The molecule has 5 nitrogen and oxygen atoms in total. The van der Waals surface area contributed by atoms with Gasteiger partial charge in [0.05, 0.1) is 19.1 Å². The summed E-state index contributed by atoms with van der Waals surface area (Å²) >= 11 is 1.63. The summed E-state index contributed by atoms with van der Waals surface area (Å²) in [4.78, 5) is 16.7. The Hall–Kier alpha value is -2.05. The molecule has 0 aliphatic carbocycles. The van der Waals surface area contributed by atoms with Gasteiger partial charge in [-0.1, -0.05) is 0 Å². The number of rotatable bonds is 3. The number of nitrogens with one attached hydrogen (secondary N) is 1.